The molecular formula is C23H26O5. The van der Waals surface area contributed by atoms with Crippen molar-refractivity contribution in [2.24, 2.45) is 0 Å². The maximum absolute atomic E-state index is 6.20. The Kier molecular flexibility index (Phi) is 6.20. The molecule has 0 spiro atoms. The van der Waals surface area contributed by atoms with Crippen LogP contribution in [0.15, 0.2) is 66.7 Å². The Labute approximate surface area is 165 Å². The van der Waals surface area contributed by atoms with Crippen molar-refractivity contribution in [2.75, 3.05) is 7.11 Å². The van der Waals surface area contributed by atoms with E-state index in [2.05, 4.69) is 0 Å². The van der Waals surface area contributed by atoms with E-state index >= 15 is 0 Å². The SMILES string of the molecule is CO[C@@H]1O[C@@H](C)[C@H](OCc2ccccc2)[C@H]2O[C@@H](/C=C/c3ccccc3)O[C@@H]12. The zero-order valence-corrected chi connectivity index (χ0v) is 16.1. The molecule has 0 amide bonds. The third-order valence-electron chi connectivity index (χ3n) is 5.07. The first-order valence-electron chi connectivity index (χ1n) is 9.62. The van der Waals surface area contributed by atoms with Crippen LogP contribution in [0, 0.1) is 0 Å². The van der Waals surface area contributed by atoms with Crippen LogP contribution in [0.5, 0.6) is 0 Å². The second-order valence-corrected chi connectivity index (χ2v) is 7.05. The van der Waals surface area contributed by atoms with E-state index in [1.165, 1.54) is 0 Å². The Morgan fingerprint density at radius 3 is 2.29 bits per heavy atom. The van der Waals surface area contributed by atoms with Gasteiger partial charge in [0.2, 0.25) is 0 Å². The minimum atomic E-state index is -0.480. The van der Waals surface area contributed by atoms with Gasteiger partial charge in [0.05, 0.1) is 12.7 Å². The van der Waals surface area contributed by atoms with E-state index in [-0.39, 0.29) is 24.4 Å². The van der Waals surface area contributed by atoms with Crippen molar-refractivity contribution >= 4 is 6.08 Å². The maximum Gasteiger partial charge on any atom is 0.186 e. The number of rotatable bonds is 6. The minimum absolute atomic E-state index is 0.171. The van der Waals surface area contributed by atoms with Crippen molar-refractivity contribution in [3.8, 4) is 0 Å². The molecule has 5 nitrogen and oxygen atoms in total. The molecule has 2 aromatic carbocycles. The topological polar surface area (TPSA) is 46.2 Å². The lowest BCUT2D eigenvalue weighted by molar-refractivity contribution is -0.270. The molecule has 4 rings (SSSR count). The van der Waals surface area contributed by atoms with Crippen LogP contribution in [0.3, 0.4) is 0 Å². The highest BCUT2D eigenvalue weighted by molar-refractivity contribution is 5.49. The van der Waals surface area contributed by atoms with Crippen molar-refractivity contribution in [1.29, 1.82) is 0 Å². The lowest BCUT2D eigenvalue weighted by Gasteiger charge is -2.40. The van der Waals surface area contributed by atoms with Gasteiger partial charge in [-0.05, 0) is 24.1 Å². The Morgan fingerprint density at radius 2 is 1.57 bits per heavy atom. The summed E-state index contributed by atoms with van der Waals surface area (Å²) in [6, 6.07) is 20.1. The molecule has 2 fully saturated rings. The Bertz CT molecular complexity index is 763. The summed E-state index contributed by atoms with van der Waals surface area (Å²) in [6.45, 7) is 2.47. The first kappa shape index (κ1) is 19.3. The fraction of sp³-hybridized carbons (Fsp3) is 0.391. The summed E-state index contributed by atoms with van der Waals surface area (Å²) in [5.74, 6) is 0. The molecule has 0 bridgehead atoms. The summed E-state index contributed by atoms with van der Waals surface area (Å²) in [6.07, 6.45) is 1.95. The van der Waals surface area contributed by atoms with E-state index in [1.54, 1.807) is 7.11 Å². The van der Waals surface area contributed by atoms with Gasteiger partial charge in [0.25, 0.3) is 0 Å². The van der Waals surface area contributed by atoms with Gasteiger partial charge in [-0.1, -0.05) is 66.7 Å². The van der Waals surface area contributed by atoms with Crippen LogP contribution in [0.1, 0.15) is 18.1 Å². The third-order valence-corrected chi connectivity index (χ3v) is 5.07. The summed E-state index contributed by atoms with van der Waals surface area (Å²) >= 11 is 0. The molecule has 148 valence electrons. The fourth-order valence-corrected chi connectivity index (χ4v) is 3.64. The minimum Gasteiger partial charge on any atom is -0.368 e. The van der Waals surface area contributed by atoms with Gasteiger partial charge >= 0.3 is 0 Å². The van der Waals surface area contributed by atoms with Crippen LogP contribution < -0.4 is 0 Å². The zero-order chi connectivity index (χ0) is 19.3. The monoisotopic (exact) mass is 382 g/mol. The summed E-state index contributed by atoms with van der Waals surface area (Å²) in [4.78, 5) is 0. The maximum atomic E-state index is 6.20. The van der Waals surface area contributed by atoms with Gasteiger partial charge < -0.3 is 23.7 Å². The standard InChI is InChI=1S/C23H26O5/c1-16-20(25-15-18-11-7-4-8-12-18)21-22(23(24-2)26-16)28-19(27-21)14-13-17-9-5-3-6-10-17/h3-14,16,19-23H,15H2,1-2H3/b14-13+/t16-,19+,20-,21+,22+,23+/m0/s1. The molecule has 0 radical (unpaired) electrons. The average molecular weight is 382 g/mol. The van der Waals surface area contributed by atoms with Crippen molar-refractivity contribution < 1.29 is 23.7 Å². The van der Waals surface area contributed by atoms with Crippen LogP contribution in [-0.2, 0) is 30.3 Å². The Hall–Kier alpha value is -2.02. The molecule has 0 unspecified atom stereocenters. The van der Waals surface area contributed by atoms with Gasteiger partial charge in [0.1, 0.15) is 18.3 Å². The van der Waals surface area contributed by atoms with Crippen LogP contribution in [0.25, 0.3) is 6.08 Å². The van der Waals surface area contributed by atoms with Crippen molar-refractivity contribution in [1.82, 2.24) is 0 Å². The highest BCUT2D eigenvalue weighted by Crippen LogP contribution is 2.35. The first-order chi connectivity index (χ1) is 13.7. The molecule has 2 aliphatic heterocycles. The van der Waals surface area contributed by atoms with Gasteiger partial charge in [0, 0.05) is 7.11 Å². The summed E-state index contributed by atoms with van der Waals surface area (Å²) in [5, 5.41) is 0. The molecule has 28 heavy (non-hydrogen) atoms. The highest BCUT2D eigenvalue weighted by atomic mass is 16.8. The Morgan fingerprint density at radius 1 is 0.893 bits per heavy atom. The van der Waals surface area contributed by atoms with Gasteiger partial charge in [0.15, 0.2) is 12.6 Å². The molecule has 2 heterocycles. The van der Waals surface area contributed by atoms with Crippen molar-refractivity contribution in [3.63, 3.8) is 0 Å². The molecule has 5 heteroatoms. The fourth-order valence-electron chi connectivity index (χ4n) is 3.64. The van der Waals surface area contributed by atoms with Crippen LogP contribution in [0.2, 0.25) is 0 Å². The highest BCUT2D eigenvalue weighted by Gasteiger charge is 2.52. The molecule has 0 aliphatic carbocycles. The molecule has 6 atom stereocenters. The molecule has 2 aromatic rings. The summed E-state index contributed by atoms with van der Waals surface area (Å²) in [5.41, 5.74) is 2.20. The zero-order valence-electron chi connectivity index (χ0n) is 16.1. The molecule has 0 saturated carbocycles. The molecule has 0 aromatic heterocycles. The third kappa shape index (κ3) is 4.35. The summed E-state index contributed by atoms with van der Waals surface area (Å²) in [7, 11) is 1.62. The summed E-state index contributed by atoms with van der Waals surface area (Å²) < 4.78 is 29.9. The smallest absolute Gasteiger partial charge is 0.186 e. The first-order valence-corrected chi connectivity index (χ1v) is 9.62. The van der Waals surface area contributed by atoms with Crippen molar-refractivity contribution in [3.05, 3.63) is 77.9 Å². The predicted octanol–water partition coefficient (Wildman–Crippen LogP) is 3.79. The lowest BCUT2D eigenvalue weighted by Crippen LogP contribution is -2.56. The quantitative estimate of drug-likeness (QED) is 0.761. The lowest BCUT2D eigenvalue weighted by atomic mass is 9.99. The van der Waals surface area contributed by atoms with E-state index in [4.69, 9.17) is 23.7 Å². The normalized spacial score (nSPS) is 32.5. The Balaban J connectivity index is 1.45. The van der Waals surface area contributed by atoms with Crippen LogP contribution >= 0.6 is 0 Å². The van der Waals surface area contributed by atoms with Gasteiger partial charge in [-0.25, -0.2) is 0 Å². The van der Waals surface area contributed by atoms with Gasteiger partial charge in [-0.15, -0.1) is 0 Å². The molecule has 0 N–H and O–H groups in total. The largest absolute Gasteiger partial charge is 0.368 e. The second-order valence-electron chi connectivity index (χ2n) is 7.05. The van der Waals surface area contributed by atoms with E-state index in [0.717, 1.165) is 11.1 Å². The van der Waals surface area contributed by atoms with Crippen LogP contribution in [-0.4, -0.2) is 44.1 Å². The van der Waals surface area contributed by atoms with Gasteiger partial charge in [-0.2, -0.15) is 0 Å². The number of hydrogen-bond acceptors (Lipinski definition) is 5. The number of fused-ring (bicyclic) bond motifs is 1. The van der Waals surface area contributed by atoms with E-state index in [9.17, 15) is 0 Å². The number of benzene rings is 2. The van der Waals surface area contributed by atoms with E-state index in [0.29, 0.717) is 6.61 Å². The van der Waals surface area contributed by atoms with Crippen molar-refractivity contribution in [2.45, 2.75) is 50.5 Å². The van der Waals surface area contributed by atoms with E-state index in [1.807, 2.05) is 79.7 Å². The number of methoxy groups -OCH3 is 1. The second kappa shape index (κ2) is 8.99. The number of ether oxygens (including phenoxy) is 5. The van der Waals surface area contributed by atoms with Crippen LogP contribution in [0.4, 0.5) is 0 Å². The molecule has 2 saturated heterocycles. The average Bonchev–Trinajstić information content (AvgIpc) is 3.17. The molecular weight excluding hydrogens is 356 g/mol. The van der Waals surface area contributed by atoms with E-state index < -0.39 is 12.6 Å². The molecule has 2 aliphatic rings. The predicted molar refractivity (Wildman–Crippen MR) is 105 cm³/mol. The number of hydrogen-bond donors (Lipinski definition) is 0. The van der Waals surface area contributed by atoms with Gasteiger partial charge in [-0.3, -0.25) is 0 Å².